The van der Waals surface area contributed by atoms with E-state index >= 15 is 0 Å². The molecule has 2 rings (SSSR count). The molecular formula is C14H19N3O4S. The molecule has 1 fully saturated rings. The molecule has 0 radical (unpaired) electrons. The predicted octanol–water partition coefficient (Wildman–Crippen LogP) is -0.295. The Balaban J connectivity index is 1.84. The molecule has 0 saturated carbocycles. The van der Waals surface area contributed by atoms with Gasteiger partial charge < -0.3 is 10.2 Å². The van der Waals surface area contributed by atoms with Crippen LogP contribution in [0.1, 0.15) is 6.42 Å². The molecule has 0 spiro atoms. The molecule has 8 heteroatoms. The summed E-state index contributed by atoms with van der Waals surface area (Å²) in [6, 6.07) is 9.20. The van der Waals surface area contributed by atoms with Gasteiger partial charge in [0.05, 0.1) is 12.2 Å². The number of hydrogen-bond donors (Lipinski definition) is 2. The highest BCUT2D eigenvalue weighted by Crippen LogP contribution is 2.24. The van der Waals surface area contributed by atoms with Crippen molar-refractivity contribution in [2.75, 3.05) is 30.8 Å². The first-order valence-electron chi connectivity index (χ1n) is 6.94. The van der Waals surface area contributed by atoms with Gasteiger partial charge >= 0.3 is 0 Å². The molecule has 0 aliphatic carbocycles. The minimum atomic E-state index is -3.26. The molecule has 120 valence electrons. The number of hydrogen-bond acceptors (Lipinski definition) is 4. The van der Waals surface area contributed by atoms with Crippen LogP contribution in [0.2, 0.25) is 0 Å². The first-order valence-corrected chi connectivity index (χ1v) is 8.84. The molecule has 7 nitrogen and oxygen atoms in total. The Morgan fingerprint density at radius 2 is 1.95 bits per heavy atom. The van der Waals surface area contributed by atoms with E-state index in [0.717, 1.165) is 11.9 Å². The maximum atomic E-state index is 12.0. The van der Waals surface area contributed by atoms with Gasteiger partial charge in [-0.25, -0.2) is 13.1 Å². The molecule has 2 amide bonds. The molecule has 1 aliphatic heterocycles. The van der Waals surface area contributed by atoms with Crippen molar-refractivity contribution in [1.82, 2.24) is 10.0 Å². The summed E-state index contributed by atoms with van der Waals surface area (Å²) < 4.78 is 24.1. The van der Waals surface area contributed by atoms with Crippen molar-refractivity contribution in [1.29, 1.82) is 0 Å². The van der Waals surface area contributed by atoms with Crippen molar-refractivity contribution >= 4 is 27.5 Å². The molecule has 1 aromatic carbocycles. The zero-order valence-corrected chi connectivity index (χ0v) is 13.1. The summed E-state index contributed by atoms with van der Waals surface area (Å²) in [7, 11) is -3.26. The predicted molar refractivity (Wildman–Crippen MR) is 82.8 cm³/mol. The van der Waals surface area contributed by atoms with E-state index in [4.69, 9.17) is 0 Å². The van der Waals surface area contributed by atoms with Crippen LogP contribution in [0.4, 0.5) is 5.69 Å². The summed E-state index contributed by atoms with van der Waals surface area (Å²) in [5, 5.41) is 2.64. The van der Waals surface area contributed by atoms with Crippen LogP contribution in [0, 0.1) is 5.92 Å². The first kappa shape index (κ1) is 16.4. The van der Waals surface area contributed by atoms with Crippen LogP contribution >= 0.6 is 0 Å². The van der Waals surface area contributed by atoms with E-state index in [2.05, 4.69) is 10.0 Å². The van der Waals surface area contributed by atoms with Crippen LogP contribution in [0.5, 0.6) is 0 Å². The van der Waals surface area contributed by atoms with Gasteiger partial charge in [-0.05, 0) is 12.1 Å². The second-order valence-corrected chi connectivity index (χ2v) is 7.03. The lowest BCUT2D eigenvalue weighted by Gasteiger charge is -2.16. The third-order valence-corrected chi connectivity index (χ3v) is 4.08. The number of amides is 2. The number of sulfonamides is 1. The minimum Gasteiger partial charge on any atom is -0.354 e. The zero-order chi connectivity index (χ0) is 16.2. The summed E-state index contributed by atoms with van der Waals surface area (Å²) in [6.07, 6.45) is 1.22. The molecule has 0 aromatic heterocycles. The quantitative estimate of drug-likeness (QED) is 0.702. The van der Waals surface area contributed by atoms with Crippen molar-refractivity contribution in [3.63, 3.8) is 0 Å². The van der Waals surface area contributed by atoms with Crippen LogP contribution in [-0.4, -0.2) is 46.1 Å². The van der Waals surface area contributed by atoms with Gasteiger partial charge in [-0.1, -0.05) is 18.2 Å². The largest absolute Gasteiger partial charge is 0.354 e. The van der Waals surface area contributed by atoms with Crippen molar-refractivity contribution in [2.24, 2.45) is 5.92 Å². The maximum Gasteiger partial charge on any atom is 0.227 e. The fourth-order valence-electron chi connectivity index (χ4n) is 2.31. The SMILES string of the molecule is CS(=O)(=O)NCCNC(=O)C1CC(=O)N(c2ccccc2)C1. The van der Waals surface area contributed by atoms with Crippen molar-refractivity contribution in [3.05, 3.63) is 30.3 Å². The van der Waals surface area contributed by atoms with E-state index in [1.54, 1.807) is 4.90 Å². The van der Waals surface area contributed by atoms with Gasteiger partial charge in [0.1, 0.15) is 0 Å². The molecule has 1 aromatic rings. The average Bonchev–Trinajstić information content (AvgIpc) is 2.85. The van der Waals surface area contributed by atoms with Crippen LogP contribution in [0.15, 0.2) is 30.3 Å². The van der Waals surface area contributed by atoms with E-state index in [1.807, 2.05) is 30.3 Å². The van der Waals surface area contributed by atoms with E-state index in [9.17, 15) is 18.0 Å². The van der Waals surface area contributed by atoms with E-state index in [1.165, 1.54) is 0 Å². The lowest BCUT2D eigenvalue weighted by atomic mass is 10.1. The van der Waals surface area contributed by atoms with Crippen molar-refractivity contribution in [3.8, 4) is 0 Å². The summed E-state index contributed by atoms with van der Waals surface area (Å²) in [5.74, 6) is -0.728. The first-order chi connectivity index (χ1) is 10.4. The topological polar surface area (TPSA) is 95.6 Å². The van der Waals surface area contributed by atoms with Gasteiger partial charge in [-0.2, -0.15) is 0 Å². The van der Waals surface area contributed by atoms with Gasteiger partial charge in [0, 0.05) is 31.7 Å². The summed E-state index contributed by atoms with van der Waals surface area (Å²) >= 11 is 0. The lowest BCUT2D eigenvalue weighted by molar-refractivity contribution is -0.126. The zero-order valence-electron chi connectivity index (χ0n) is 12.3. The number of para-hydroxylation sites is 1. The van der Waals surface area contributed by atoms with Crippen molar-refractivity contribution < 1.29 is 18.0 Å². The van der Waals surface area contributed by atoms with E-state index in [0.29, 0.717) is 6.54 Å². The maximum absolute atomic E-state index is 12.0. The number of nitrogens with one attached hydrogen (secondary N) is 2. The van der Waals surface area contributed by atoms with E-state index < -0.39 is 15.9 Å². The highest BCUT2D eigenvalue weighted by Gasteiger charge is 2.34. The number of anilines is 1. The molecule has 1 unspecified atom stereocenters. The number of carbonyl (C=O) groups excluding carboxylic acids is 2. The number of benzene rings is 1. The van der Waals surface area contributed by atoms with Crippen LogP contribution < -0.4 is 14.9 Å². The second kappa shape index (κ2) is 6.89. The minimum absolute atomic E-state index is 0.0828. The molecular weight excluding hydrogens is 306 g/mol. The number of nitrogens with zero attached hydrogens (tertiary/aromatic N) is 1. The monoisotopic (exact) mass is 325 g/mol. The molecule has 2 N–H and O–H groups in total. The third-order valence-electron chi connectivity index (χ3n) is 3.35. The normalized spacial score (nSPS) is 18.5. The van der Waals surface area contributed by atoms with Gasteiger partial charge in [0.25, 0.3) is 0 Å². The Kier molecular flexibility index (Phi) is 5.15. The average molecular weight is 325 g/mol. The molecule has 1 saturated heterocycles. The fourth-order valence-corrected chi connectivity index (χ4v) is 2.78. The molecule has 1 atom stereocenters. The third kappa shape index (κ3) is 4.54. The summed E-state index contributed by atoms with van der Waals surface area (Å²) in [6.45, 7) is 0.670. The number of rotatable bonds is 6. The van der Waals surface area contributed by atoms with Crippen LogP contribution in [0.3, 0.4) is 0 Å². The van der Waals surface area contributed by atoms with Crippen LogP contribution in [-0.2, 0) is 19.6 Å². The van der Waals surface area contributed by atoms with Crippen LogP contribution in [0.25, 0.3) is 0 Å². The highest BCUT2D eigenvalue weighted by atomic mass is 32.2. The number of carbonyl (C=O) groups is 2. The molecule has 0 bridgehead atoms. The highest BCUT2D eigenvalue weighted by molar-refractivity contribution is 7.88. The molecule has 22 heavy (non-hydrogen) atoms. The second-order valence-electron chi connectivity index (χ2n) is 5.20. The van der Waals surface area contributed by atoms with Gasteiger partial charge in [0.15, 0.2) is 0 Å². The Hall–Kier alpha value is -1.93. The van der Waals surface area contributed by atoms with Gasteiger partial charge in [-0.3, -0.25) is 9.59 Å². The lowest BCUT2D eigenvalue weighted by Crippen LogP contribution is -2.38. The summed E-state index contributed by atoms with van der Waals surface area (Å²) in [5.41, 5.74) is 0.779. The Morgan fingerprint density at radius 1 is 1.27 bits per heavy atom. The van der Waals surface area contributed by atoms with Gasteiger partial charge in [-0.15, -0.1) is 0 Å². The Bertz CT molecular complexity index is 645. The molecule has 1 heterocycles. The fraction of sp³-hybridized carbons (Fsp3) is 0.429. The van der Waals surface area contributed by atoms with Gasteiger partial charge in [0.2, 0.25) is 21.8 Å². The summed E-state index contributed by atoms with van der Waals surface area (Å²) in [4.78, 5) is 25.6. The standard InChI is InChI=1S/C14H19N3O4S/c1-22(20,21)16-8-7-15-14(19)11-9-13(18)17(10-11)12-5-3-2-4-6-12/h2-6,11,16H,7-10H2,1H3,(H,15,19). The van der Waals surface area contributed by atoms with Crippen molar-refractivity contribution in [2.45, 2.75) is 6.42 Å². The van der Waals surface area contributed by atoms with E-state index in [-0.39, 0.29) is 31.3 Å². The smallest absolute Gasteiger partial charge is 0.227 e. The Morgan fingerprint density at radius 3 is 2.59 bits per heavy atom. The molecule has 1 aliphatic rings. The Labute approximate surface area is 129 Å².